The Morgan fingerprint density at radius 1 is 0.750 bits per heavy atom. The maximum atomic E-state index is 12.3. The minimum atomic E-state index is -0.875. The Labute approximate surface area is 158 Å². The molecule has 0 saturated carbocycles. The lowest BCUT2D eigenvalue weighted by molar-refractivity contribution is -0.385. The van der Waals surface area contributed by atoms with Crippen LogP contribution in [0.1, 0.15) is 10.4 Å². The van der Waals surface area contributed by atoms with Crippen molar-refractivity contribution in [3.05, 3.63) is 98.6 Å². The monoisotopic (exact) mass is 380 g/mol. The molecule has 0 aromatic heterocycles. The molecule has 3 aromatic carbocycles. The molecule has 0 saturated heterocycles. The standard InChI is InChI=1S/C19H12N2O7/c22-19(17-6-1-2-7-18(17)21(25)26)28-16-5-3-4-15(12-16)27-14-10-8-13(9-11-14)20(23)24/h1-12H. The van der Waals surface area contributed by atoms with Crippen LogP contribution in [0.15, 0.2) is 72.8 Å². The lowest BCUT2D eigenvalue weighted by atomic mass is 10.2. The third-order valence-electron chi connectivity index (χ3n) is 3.62. The summed E-state index contributed by atoms with van der Waals surface area (Å²) in [6, 6.07) is 17.0. The summed E-state index contributed by atoms with van der Waals surface area (Å²) in [5, 5.41) is 21.7. The minimum Gasteiger partial charge on any atom is -0.457 e. The average Bonchev–Trinajstić information content (AvgIpc) is 2.68. The summed E-state index contributed by atoms with van der Waals surface area (Å²) in [7, 11) is 0. The van der Waals surface area contributed by atoms with Gasteiger partial charge < -0.3 is 9.47 Å². The van der Waals surface area contributed by atoms with Crippen LogP contribution >= 0.6 is 0 Å². The molecule has 0 heterocycles. The molecule has 0 aliphatic rings. The summed E-state index contributed by atoms with van der Waals surface area (Å²) in [5.41, 5.74) is -0.598. The molecule has 9 heteroatoms. The SMILES string of the molecule is O=C(Oc1cccc(Oc2ccc([N+](=O)[O-])cc2)c1)c1ccccc1[N+](=O)[O-]. The Bertz CT molecular complexity index is 1050. The number of hydrogen-bond donors (Lipinski definition) is 0. The molecule has 0 atom stereocenters. The molecule has 0 radical (unpaired) electrons. The Hall–Kier alpha value is -4.27. The molecule has 0 N–H and O–H groups in total. The highest BCUT2D eigenvalue weighted by Crippen LogP contribution is 2.28. The molecule has 0 spiro atoms. The molecule has 3 rings (SSSR count). The van der Waals surface area contributed by atoms with E-state index >= 15 is 0 Å². The molecule has 0 unspecified atom stereocenters. The van der Waals surface area contributed by atoms with Gasteiger partial charge in [-0.25, -0.2) is 4.79 Å². The predicted octanol–water partition coefficient (Wildman–Crippen LogP) is 4.51. The van der Waals surface area contributed by atoms with Crippen molar-refractivity contribution in [2.75, 3.05) is 0 Å². The second-order valence-corrected chi connectivity index (χ2v) is 5.49. The second-order valence-electron chi connectivity index (χ2n) is 5.49. The van der Waals surface area contributed by atoms with Crippen molar-refractivity contribution in [1.29, 1.82) is 0 Å². The van der Waals surface area contributed by atoms with Gasteiger partial charge in [-0.05, 0) is 30.3 Å². The second kappa shape index (κ2) is 7.96. The van der Waals surface area contributed by atoms with Crippen molar-refractivity contribution in [2.45, 2.75) is 0 Å². The molecule has 9 nitrogen and oxygen atoms in total. The first-order chi connectivity index (χ1) is 13.4. The largest absolute Gasteiger partial charge is 0.457 e. The van der Waals surface area contributed by atoms with Crippen molar-refractivity contribution in [3.8, 4) is 17.2 Å². The zero-order chi connectivity index (χ0) is 20.1. The van der Waals surface area contributed by atoms with Crippen LogP contribution < -0.4 is 9.47 Å². The number of carbonyl (C=O) groups excluding carboxylic acids is 1. The smallest absolute Gasteiger partial charge is 0.350 e. The number of carbonyl (C=O) groups is 1. The van der Waals surface area contributed by atoms with Gasteiger partial charge in [-0.2, -0.15) is 0 Å². The van der Waals surface area contributed by atoms with Crippen LogP contribution in [-0.4, -0.2) is 15.8 Å². The number of hydrogen-bond acceptors (Lipinski definition) is 7. The third-order valence-corrected chi connectivity index (χ3v) is 3.62. The number of nitro groups is 2. The van der Waals surface area contributed by atoms with Crippen molar-refractivity contribution in [1.82, 2.24) is 0 Å². The van der Waals surface area contributed by atoms with Gasteiger partial charge in [-0.3, -0.25) is 20.2 Å². The van der Waals surface area contributed by atoms with Crippen LogP contribution in [0, 0.1) is 20.2 Å². The first kappa shape index (κ1) is 18.5. The summed E-state index contributed by atoms with van der Waals surface area (Å²) in [6.45, 7) is 0. The Morgan fingerprint density at radius 2 is 1.43 bits per heavy atom. The van der Waals surface area contributed by atoms with E-state index in [9.17, 15) is 25.0 Å². The number of nitro benzene ring substituents is 2. The van der Waals surface area contributed by atoms with E-state index in [1.54, 1.807) is 12.1 Å². The third kappa shape index (κ3) is 4.28. The fourth-order valence-corrected chi connectivity index (χ4v) is 2.34. The highest BCUT2D eigenvalue weighted by atomic mass is 16.6. The maximum absolute atomic E-state index is 12.3. The number of benzene rings is 3. The van der Waals surface area contributed by atoms with E-state index in [0.29, 0.717) is 11.5 Å². The summed E-state index contributed by atoms with van der Waals surface area (Å²) in [5.74, 6) is -0.0724. The van der Waals surface area contributed by atoms with Gasteiger partial charge in [-0.1, -0.05) is 18.2 Å². The fourth-order valence-electron chi connectivity index (χ4n) is 2.34. The van der Waals surface area contributed by atoms with Crippen molar-refractivity contribution in [2.24, 2.45) is 0 Å². The van der Waals surface area contributed by atoms with Crippen LogP contribution in [0.2, 0.25) is 0 Å². The minimum absolute atomic E-state index is 0.0699. The van der Waals surface area contributed by atoms with E-state index in [1.807, 2.05) is 0 Å². The van der Waals surface area contributed by atoms with Gasteiger partial charge >= 0.3 is 5.97 Å². The first-order valence-electron chi connectivity index (χ1n) is 7.92. The zero-order valence-corrected chi connectivity index (χ0v) is 14.2. The van der Waals surface area contributed by atoms with Gasteiger partial charge in [0, 0.05) is 24.3 Å². The van der Waals surface area contributed by atoms with Crippen LogP contribution in [-0.2, 0) is 0 Å². The first-order valence-corrected chi connectivity index (χ1v) is 7.92. The van der Waals surface area contributed by atoms with Gasteiger partial charge in [0.2, 0.25) is 0 Å². The van der Waals surface area contributed by atoms with Crippen LogP contribution in [0.5, 0.6) is 17.2 Å². The van der Waals surface area contributed by atoms with Crippen LogP contribution in [0.3, 0.4) is 0 Å². The molecule has 0 fully saturated rings. The van der Waals surface area contributed by atoms with E-state index in [1.165, 1.54) is 60.7 Å². The molecule has 28 heavy (non-hydrogen) atoms. The van der Waals surface area contributed by atoms with Gasteiger partial charge in [0.1, 0.15) is 22.8 Å². The highest BCUT2D eigenvalue weighted by molar-refractivity contribution is 5.95. The normalized spacial score (nSPS) is 10.1. The Balaban J connectivity index is 1.75. The lowest BCUT2D eigenvalue weighted by Gasteiger charge is -2.08. The molecule has 0 aliphatic carbocycles. The van der Waals surface area contributed by atoms with Crippen molar-refractivity contribution >= 4 is 17.3 Å². The maximum Gasteiger partial charge on any atom is 0.350 e. The average molecular weight is 380 g/mol. The number of nitrogens with zero attached hydrogens (tertiary/aromatic N) is 2. The quantitative estimate of drug-likeness (QED) is 0.267. The number of ether oxygens (including phenoxy) is 2. The molecule has 0 amide bonds. The van der Waals surface area contributed by atoms with E-state index in [-0.39, 0.29) is 22.7 Å². The van der Waals surface area contributed by atoms with E-state index < -0.39 is 15.8 Å². The Kier molecular flexibility index (Phi) is 5.26. The lowest BCUT2D eigenvalue weighted by Crippen LogP contribution is -2.11. The Morgan fingerprint density at radius 3 is 2.11 bits per heavy atom. The van der Waals surface area contributed by atoms with Crippen LogP contribution in [0.4, 0.5) is 11.4 Å². The molecule has 3 aromatic rings. The summed E-state index contributed by atoms with van der Waals surface area (Å²) in [4.78, 5) is 32.8. The number of non-ortho nitro benzene ring substituents is 1. The molecule has 140 valence electrons. The van der Waals surface area contributed by atoms with Gasteiger partial charge in [-0.15, -0.1) is 0 Å². The van der Waals surface area contributed by atoms with Crippen LogP contribution in [0.25, 0.3) is 0 Å². The summed E-state index contributed by atoms with van der Waals surface area (Å²) >= 11 is 0. The van der Waals surface area contributed by atoms with Gasteiger partial charge in [0.15, 0.2) is 0 Å². The van der Waals surface area contributed by atoms with Gasteiger partial charge in [0.25, 0.3) is 11.4 Å². The zero-order valence-electron chi connectivity index (χ0n) is 14.2. The fraction of sp³-hybridized carbons (Fsp3) is 0. The topological polar surface area (TPSA) is 122 Å². The molecule has 0 bridgehead atoms. The van der Waals surface area contributed by atoms with Crippen molar-refractivity contribution in [3.63, 3.8) is 0 Å². The number of rotatable bonds is 6. The summed E-state index contributed by atoms with van der Waals surface area (Å²) < 4.78 is 10.8. The highest BCUT2D eigenvalue weighted by Gasteiger charge is 2.21. The van der Waals surface area contributed by atoms with E-state index in [2.05, 4.69) is 0 Å². The number of esters is 1. The molecular weight excluding hydrogens is 368 g/mol. The van der Waals surface area contributed by atoms with Gasteiger partial charge in [0.05, 0.1) is 9.85 Å². The van der Waals surface area contributed by atoms with E-state index in [0.717, 1.165) is 0 Å². The predicted molar refractivity (Wildman–Crippen MR) is 97.7 cm³/mol. The number of para-hydroxylation sites is 1. The van der Waals surface area contributed by atoms with Crippen molar-refractivity contribution < 1.29 is 24.1 Å². The molecular formula is C19H12N2O7. The molecule has 0 aliphatic heterocycles. The van der Waals surface area contributed by atoms with E-state index in [4.69, 9.17) is 9.47 Å². The summed E-state index contributed by atoms with van der Waals surface area (Å²) in [6.07, 6.45) is 0.